The van der Waals surface area contributed by atoms with Crippen LogP contribution in [0.15, 0.2) is 18.3 Å². The Hall–Kier alpha value is -1.91. The molecule has 1 aliphatic rings. The van der Waals surface area contributed by atoms with Crippen molar-refractivity contribution in [2.24, 2.45) is 0 Å². The molecule has 0 N–H and O–H groups in total. The van der Waals surface area contributed by atoms with E-state index in [9.17, 15) is 9.18 Å². The van der Waals surface area contributed by atoms with Crippen LogP contribution in [0.1, 0.15) is 35.9 Å². The maximum absolute atomic E-state index is 13.4. The molecule has 4 nitrogen and oxygen atoms in total. The summed E-state index contributed by atoms with van der Waals surface area (Å²) < 4.78 is 15.0. The first-order chi connectivity index (χ1) is 9.20. The van der Waals surface area contributed by atoms with Crippen LogP contribution >= 0.6 is 0 Å². The molecular formula is C14H16FN3O. The molecule has 2 aromatic rings. The summed E-state index contributed by atoms with van der Waals surface area (Å²) in [5.41, 5.74) is 1.88. The zero-order valence-corrected chi connectivity index (χ0v) is 10.9. The Labute approximate surface area is 110 Å². The molecule has 19 heavy (non-hydrogen) atoms. The van der Waals surface area contributed by atoms with Gasteiger partial charge in [0.2, 0.25) is 0 Å². The lowest BCUT2D eigenvalue weighted by molar-refractivity contribution is 0.0785. The van der Waals surface area contributed by atoms with Crippen molar-refractivity contribution >= 4 is 11.6 Å². The van der Waals surface area contributed by atoms with E-state index in [1.807, 2.05) is 11.8 Å². The second kappa shape index (κ2) is 4.64. The quantitative estimate of drug-likeness (QED) is 0.831. The van der Waals surface area contributed by atoms with Gasteiger partial charge in [0, 0.05) is 19.3 Å². The van der Waals surface area contributed by atoms with Gasteiger partial charge in [-0.15, -0.1) is 0 Å². The van der Waals surface area contributed by atoms with E-state index in [-0.39, 0.29) is 11.7 Å². The molecular weight excluding hydrogens is 245 g/mol. The first-order valence-electron chi connectivity index (χ1n) is 6.66. The first kappa shape index (κ1) is 12.1. The monoisotopic (exact) mass is 261 g/mol. The van der Waals surface area contributed by atoms with Gasteiger partial charge in [-0.1, -0.05) is 6.92 Å². The number of aryl methyl sites for hydroxylation is 1. The number of rotatable bonds is 2. The fraction of sp³-hybridized carbons (Fsp3) is 0.429. The Morgan fingerprint density at radius 3 is 2.79 bits per heavy atom. The normalized spacial score (nSPS) is 15.4. The van der Waals surface area contributed by atoms with Crippen LogP contribution in [-0.4, -0.2) is 33.3 Å². The zero-order chi connectivity index (χ0) is 13.4. The molecule has 0 unspecified atom stereocenters. The number of amides is 1. The number of hydrogen-bond donors (Lipinski definition) is 0. The van der Waals surface area contributed by atoms with E-state index in [0.717, 1.165) is 31.6 Å². The third-order valence-corrected chi connectivity index (χ3v) is 3.59. The Kier molecular flexibility index (Phi) is 2.97. The van der Waals surface area contributed by atoms with Crippen LogP contribution < -0.4 is 0 Å². The molecule has 3 heterocycles. The summed E-state index contributed by atoms with van der Waals surface area (Å²) in [4.78, 5) is 18.8. The van der Waals surface area contributed by atoms with E-state index in [1.165, 1.54) is 12.3 Å². The molecule has 0 aromatic carbocycles. The van der Waals surface area contributed by atoms with Crippen LogP contribution in [0.2, 0.25) is 0 Å². The molecule has 100 valence electrons. The molecule has 3 rings (SSSR count). The number of imidazole rings is 1. The summed E-state index contributed by atoms with van der Waals surface area (Å²) in [5, 5.41) is 0. The number of hydrogen-bond acceptors (Lipinski definition) is 2. The first-order valence-corrected chi connectivity index (χ1v) is 6.66. The number of fused-ring (bicyclic) bond motifs is 1. The van der Waals surface area contributed by atoms with E-state index < -0.39 is 0 Å². The van der Waals surface area contributed by atoms with Gasteiger partial charge in [0.05, 0.1) is 5.69 Å². The second-order valence-corrected chi connectivity index (χ2v) is 4.84. The fourth-order valence-electron chi connectivity index (χ4n) is 2.61. The van der Waals surface area contributed by atoms with E-state index in [2.05, 4.69) is 4.98 Å². The van der Waals surface area contributed by atoms with Gasteiger partial charge in [-0.3, -0.25) is 9.20 Å². The Morgan fingerprint density at radius 2 is 2.11 bits per heavy atom. The Bertz CT molecular complexity index is 629. The molecule has 1 amide bonds. The predicted molar refractivity (Wildman–Crippen MR) is 69.7 cm³/mol. The highest BCUT2D eigenvalue weighted by atomic mass is 19.1. The van der Waals surface area contributed by atoms with Crippen LogP contribution in [0.25, 0.3) is 5.65 Å². The van der Waals surface area contributed by atoms with E-state index in [1.54, 1.807) is 10.5 Å². The zero-order valence-electron chi connectivity index (χ0n) is 10.9. The van der Waals surface area contributed by atoms with Crippen LogP contribution in [0.4, 0.5) is 4.39 Å². The summed E-state index contributed by atoms with van der Waals surface area (Å²) in [5.74, 6) is -0.393. The highest BCUT2D eigenvalue weighted by molar-refractivity contribution is 5.95. The van der Waals surface area contributed by atoms with E-state index in [4.69, 9.17) is 0 Å². The van der Waals surface area contributed by atoms with Crippen molar-refractivity contribution in [3.63, 3.8) is 0 Å². The average molecular weight is 261 g/mol. The molecule has 0 atom stereocenters. The summed E-state index contributed by atoms with van der Waals surface area (Å²) in [6.45, 7) is 3.52. The molecule has 1 fully saturated rings. The minimum atomic E-state index is -0.358. The largest absolute Gasteiger partial charge is 0.337 e. The third kappa shape index (κ3) is 1.99. The predicted octanol–water partition coefficient (Wildman–Crippen LogP) is 2.27. The summed E-state index contributed by atoms with van der Waals surface area (Å²) in [7, 11) is 0. The van der Waals surface area contributed by atoms with Crippen molar-refractivity contribution in [3.05, 3.63) is 35.5 Å². The van der Waals surface area contributed by atoms with Crippen molar-refractivity contribution in [2.75, 3.05) is 13.1 Å². The number of pyridine rings is 1. The molecule has 0 spiro atoms. The summed E-state index contributed by atoms with van der Waals surface area (Å²) in [6, 6.07) is 2.97. The van der Waals surface area contributed by atoms with Crippen molar-refractivity contribution < 1.29 is 9.18 Å². The van der Waals surface area contributed by atoms with Gasteiger partial charge >= 0.3 is 0 Å². The molecule has 0 aliphatic carbocycles. The van der Waals surface area contributed by atoms with Gasteiger partial charge in [0.1, 0.15) is 17.2 Å². The lowest BCUT2D eigenvalue weighted by Crippen LogP contribution is -2.29. The highest BCUT2D eigenvalue weighted by Gasteiger charge is 2.25. The lowest BCUT2D eigenvalue weighted by Gasteiger charge is -2.15. The van der Waals surface area contributed by atoms with Crippen molar-refractivity contribution in [3.8, 4) is 0 Å². The standard InChI is InChI=1S/C14H16FN3O/c1-2-11-13(14(19)17-7-3-4-8-17)18-9-10(15)5-6-12(18)16-11/h5-6,9H,2-4,7-8H2,1H3. The Balaban J connectivity index is 2.14. The average Bonchev–Trinajstić information content (AvgIpc) is 3.04. The van der Waals surface area contributed by atoms with Crippen LogP contribution in [0.3, 0.4) is 0 Å². The number of nitrogens with zero attached hydrogens (tertiary/aromatic N) is 3. The topological polar surface area (TPSA) is 37.6 Å². The fourth-order valence-corrected chi connectivity index (χ4v) is 2.61. The third-order valence-electron chi connectivity index (χ3n) is 3.59. The second-order valence-electron chi connectivity index (χ2n) is 4.84. The van der Waals surface area contributed by atoms with Gasteiger partial charge in [0.25, 0.3) is 5.91 Å². The van der Waals surface area contributed by atoms with Crippen LogP contribution in [-0.2, 0) is 6.42 Å². The van der Waals surface area contributed by atoms with Crippen LogP contribution in [0.5, 0.6) is 0 Å². The van der Waals surface area contributed by atoms with Crippen LogP contribution in [0, 0.1) is 5.82 Å². The number of aromatic nitrogens is 2. The molecule has 0 bridgehead atoms. The molecule has 0 radical (unpaired) electrons. The van der Waals surface area contributed by atoms with Gasteiger partial charge < -0.3 is 4.90 Å². The van der Waals surface area contributed by atoms with Gasteiger partial charge in [-0.2, -0.15) is 0 Å². The van der Waals surface area contributed by atoms with Gasteiger partial charge in [0.15, 0.2) is 0 Å². The van der Waals surface area contributed by atoms with Crippen molar-refractivity contribution in [1.29, 1.82) is 0 Å². The van der Waals surface area contributed by atoms with Gasteiger partial charge in [-0.05, 0) is 31.4 Å². The molecule has 1 saturated heterocycles. The van der Waals surface area contributed by atoms with Crippen molar-refractivity contribution in [2.45, 2.75) is 26.2 Å². The maximum atomic E-state index is 13.4. The summed E-state index contributed by atoms with van der Waals surface area (Å²) in [6.07, 6.45) is 4.08. The number of carbonyl (C=O) groups is 1. The molecule has 0 saturated carbocycles. The number of carbonyl (C=O) groups excluding carboxylic acids is 1. The Morgan fingerprint density at radius 1 is 1.37 bits per heavy atom. The molecule has 2 aromatic heterocycles. The SMILES string of the molecule is CCc1nc2ccc(F)cn2c1C(=O)N1CCCC1. The van der Waals surface area contributed by atoms with Gasteiger partial charge in [-0.25, -0.2) is 9.37 Å². The van der Waals surface area contributed by atoms with E-state index >= 15 is 0 Å². The minimum Gasteiger partial charge on any atom is -0.337 e. The number of likely N-dealkylation sites (tertiary alicyclic amines) is 1. The number of halogens is 1. The minimum absolute atomic E-state index is 0.0348. The lowest BCUT2D eigenvalue weighted by atomic mass is 10.2. The highest BCUT2D eigenvalue weighted by Crippen LogP contribution is 2.19. The smallest absolute Gasteiger partial charge is 0.272 e. The summed E-state index contributed by atoms with van der Waals surface area (Å²) >= 11 is 0. The maximum Gasteiger partial charge on any atom is 0.272 e. The molecule has 1 aliphatic heterocycles. The van der Waals surface area contributed by atoms with E-state index in [0.29, 0.717) is 17.8 Å². The van der Waals surface area contributed by atoms with Crippen molar-refractivity contribution in [1.82, 2.24) is 14.3 Å². The molecule has 5 heteroatoms.